The zero-order valence-corrected chi connectivity index (χ0v) is 14.8. The lowest BCUT2D eigenvalue weighted by Gasteiger charge is -2.22. The second kappa shape index (κ2) is 9.27. The monoisotopic (exact) mass is 338 g/mol. The molecular weight excluding hydrogens is 312 g/mol. The van der Waals surface area contributed by atoms with Gasteiger partial charge in [-0.2, -0.15) is 0 Å². The van der Waals surface area contributed by atoms with Crippen LogP contribution in [0.4, 0.5) is 0 Å². The first-order valence-corrected chi connectivity index (χ1v) is 7.96. The summed E-state index contributed by atoms with van der Waals surface area (Å²) >= 11 is 0. The van der Waals surface area contributed by atoms with Gasteiger partial charge in [-0.1, -0.05) is 12.1 Å². The smallest absolute Gasteiger partial charge is 0.336 e. The molecule has 0 radical (unpaired) electrons. The number of hydrogen-bond acceptors (Lipinski definition) is 6. The number of ether oxygens (including phenoxy) is 3. The van der Waals surface area contributed by atoms with E-state index in [1.807, 2.05) is 0 Å². The summed E-state index contributed by atoms with van der Waals surface area (Å²) < 4.78 is 15.3. The van der Waals surface area contributed by atoms with Gasteiger partial charge in [0.15, 0.2) is 6.10 Å². The minimum absolute atomic E-state index is 0.136. The molecule has 0 aliphatic heterocycles. The summed E-state index contributed by atoms with van der Waals surface area (Å²) in [6, 6.07) is 7.08. The second-order valence-corrected chi connectivity index (χ2v) is 6.08. The van der Waals surface area contributed by atoms with Crippen molar-refractivity contribution in [3.8, 4) is 5.75 Å². The van der Waals surface area contributed by atoms with Crippen LogP contribution in [-0.4, -0.2) is 42.5 Å². The van der Waals surface area contributed by atoms with E-state index in [4.69, 9.17) is 14.2 Å². The Kier molecular flexibility index (Phi) is 7.71. The van der Waals surface area contributed by atoms with E-state index >= 15 is 0 Å². The highest BCUT2D eigenvalue weighted by Gasteiger charge is 2.35. The van der Waals surface area contributed by atoms with E-state index in [-0.39, 0.29) is 18.6 Å². The highest BCUT2D eigenvalue weighted by atomic mass is 16.6. The van der Waals surface area contributed by atoms with Gasteiger partial charge in [-0.3, -0.25) is 4.79 Å². The van der Waals surface area contributed by atoms with E-state index in [0.29, 0.717) is 5.75 Å². The van der Waals surface area contributed by atoms with Crippen molar-refractivity contribution in [2.24, 2.45) is 5.92 Å². The van der Waals surface area contributed by atoms with Gasteiger partial charge in [0, 0.05) is 0 Å². The Labute approximate surface area is 142 Å². The first-order chi connectivity index (χ1) is 11.2. The quantitative estimate of drug-likeness (QED) is 0.731. The van der Waals surface area contributed by atoms with Gasteiger partial charge in [-0.25, -0.2) is 4.79 Å². The van der Waals surface area contributed by atoms with Crippen LogP contribution in [0.5, 0.6) is 5.75 Å². The third-order valence-electron chi connectivity index (χ3n) is 3.22. The lowest BCUT2D eigenvalue weighted by molar-refractivity contribution is -0.170. The molecule has 1 rings (SSSR count). The minimum atomic E-state index is -1.59. The molecule has 0 spiro atoms. The van der Waals surface area contributed by atoms with Gasteiger partial charge in [0.25, 0.3) is 0 Å². The van der Waals surface area contributed by atoms with E-state index in [9.17, 15) is 14.7 Å². The summed E-state index contributed by atoms with van der Waals surface area (Å²) in [6.45, 7) is 6.76. The Morgan fingerprint density at radius 1 is 1.04 bits per heavy atom. The molecule has 24 heavy (non-hydrogen) atoms. The summed E-state index contributed by atoms with van der Waals surface area (Å²) in [5.74, 6) is -1.90. The van der Waals surface area contributed by atoms with Crippen molar-refractivity contribution < 1.29 is 28.9 Å². The van der Waals surface area contributed by atoms with Crippen molar-refractivity contribution in [3.05, 3.63) is 29.8 Å². The number of hydrogen-bond donors (Lipinski definition) is 1. The van der Waals surface area contributed by atoms with E-state index in [1.54, 1.807) is 59.1 Å². The normalized spacial score (nSPS) is 13.5. The summed E-state index contributed by atoms with van der Waals surface area (Å²) in [4.78, 5) is 24.3. The largest absolute Gasteiger partial charge is 0.497 e. The van der Waals surface area contributed by atoms with Crippen LogP contribution in [0.15, 0.2) is 24.3 Å². The van der Waals surface area contributed by atoms with Gasteiger partial charge in [-0.15, -0.1) is 0 Å². The zero-order valence-electron chi connectivity index (χ0n) is 14.8. The highest BCUT2D eigenvalue weighted by Crippen LogP contribution is 2.20. The second-order valence-electron chi connectivity index (χ2n) is 6.08. The van der Waals surface area contributed by atoms with Crippen LogP contribution in [0.25, 0.3) is 0 Å². The molecular formula is C18H26O6. The fourth-order valence-electron chi connectivity index (χ4n) is 2.16. The molecule has 6 heteroatoms. The lowest BCUT2D eigenvalue weighted by Crippen LogP contribution is -2.40. The molecule has 0 saturated heterocycles. The summed E-state index contributed by atoms with van der Waals surface area (Å²) in [5, 5.41) is 10.3. The molecule has 0 amide bonds. The van der Waals surface area contributed by atoms with Crippen molar-refractivity contribution >= 4 is 11.9 Å². The molecule has 1 aromatic rings. The number of benzene rings is 1. The van der Waals surface area contributed by atoms with Crippen LogP contribution in [-0.2, 0) is 25.5 Å². The Hall–Kier alpha value is -2.08. The molecule has 2 atom stereocenters. The topological polar surface area (TPSA) is 82.1 Å². The molecule has 0 bridgehead atoms. The van der Waals surface area contributed by atoms with Gasteiger partial charge in [0.2, 0.25) is 0 Å². The minimum Gasteiger partial charge on any atom is -0.497 e. The van der Waals surface area contributed by atoms with Gasteiger partial charge in [0.05, 0.1) is 25.2 Å². The Morgan fingerprint density at radius 2 is 1.62 bits per heavy atom. The maximum Gasteiger partial charge on any atom is 0.336 e. The maximum absolute atomic E-state index is 12.3. The Bertz CT molecular complexity index is 552. The first-order valence-electron chi connectivity index (χ1n) is 7.96. The van der Waals surface area contributed by atoms with Crippen LogP contribution in [0, 0.1) is 5.92 Å². The SMILES string of the molecule is COc1cccc(C[C@@H](C(=O)OC(C)C)[C@H](O)C(=O)OC(C)C)c1. The molecule has 0 aliphatic rings. The summed E-state index contributed by atoms with van der Waals surface area (Å²) in [6.07, 6.45) is -2.19. The third kappa shape index (κ3) is 6.20. The van der Waals surface area contributed by atoms with Crippen LogP contribution in [0.3, 0.4) is 0 Å². The van der Waals surface area contributed by atoms with E-state index in [1.165, 1.54) is 0 Å². The van der Waals surface area contributed by atoms with Crippen molar-refractivity contribution in [2.45, 2.75) is 52.4 Å². The summed E-state index contributed by atoms with van der Waals surface area (Å²) in [5.41, 5.74) is 0.747. The average Bonchev–Trinajstić information content (AvgIpc) is 2.50. The van der Waals surface area contributed by atoms with Gasteiger partial charge < -0.3 is 19.3 Å². The maximum atomic E-state index is 12.3. The molecule has 0 fully saturated rings. The molecule has 0 heterocycles. The van der Waals surface area contributed by atoms with Crippen LogP contribution in [0.1, 0.15) is 33.3 Å². The van der Waals surface area contributed by atoms with E-state index in [0.717, 1.165) is 5.56 Å². The molecule has 0 saturated carbocycles. The Balaban J connectivity index is 2.99. The van der Waals surface area contributed by atoms with E-state index in [2.05, 4.69) is 0 Å². The average molecular weight is 338 g/mol. The highest BCUT2D eigenvalue weighted by molar-refractivity contribution is 5.84. The molecule has 0 unspecified atom stereocenters. The third-order valence-corrected chi connectivity index (χ3v) is 3.22. The fraction of sp³-hybridized carbons (Fsp3) is 0.556. The van der Waals surface area contributed by atoms with Crippen molar-refractivity contribution in [1.29, 1.82) is 0 Å². The fourth-order valence-corrected chi connectivity index (χ4v) is 2.16. The number of rotatable bonds is 8. The molecule has 1 aromatic carbocycles. The molecule has 0 aromatic heterocycles. The van der Waals surface area contributed by atoms with Gasteiger partial charge in [-0.05, 0) is 51.8 Å². The van der Waals surface area contributed by atoms with Crippen molar-refractivity contribution in [1.82, 2.24) is 0 Å². The predicted octanol–water partition coefficient (Wildman–Crippen LogP) is 2.12. The number of aliphatic hydroxyl groups excluding tert-OH is 1. The molecule has 6 nitrogen and oxygen atoms in total. The van der Waals surface area contributed by atoms with Crippen LogP contribution >= 0.6 is 0 Å². The molecule has 0 aliphatic carbocycles. The predicted molar refractivity (Wildman–Crippen MR) is 88.7 cm³/mol. The number of carbonyl (C=O) groups is 2. The number of carbonyl (C=O) groups excluding carboxylic acids is 2. The standard InChI is InChI=1S/C18H26O6/c1-11(2)23-17(20)15(16(19)18(21)24-12(3)4)10-13-7-6-8-14(9-13)22-5/h6-9,11-12,15-16,19H,10H2,1-5H3/t15-,16+/m1/s1. The zero-order chi connectivity index (χ0) is 18.3. The molecule has 134 valence electrons. The Morgan fingerprint density at radius 3 is 2.17 bits per heavy atom. The van der Waals surface area contributed by atoms with Crippen LogP contribution in [0.2, 0.25) is 0 Å². The van der Waals surface area contributed by atoms with Crippen molar-refractivity contribution in [2.75, 3.05) is 7.11 Å². The number of aliphatic hydroxyl groups is 1. The van der Waals surface area contributed by atoms with Crippen molar-refractivity contribution in [3.63, 3.8) is 0 Å². The van der Waals surface area contributed by atoms with Crippen LogP contribution < -0.4 is 4.74 Å². The number of methoxy groups -OCH3 is 1. The first kappa shape index (κ1) is 20.0. The summed E-state index contributed by atoms with van der Waals surface area (Å²) in [7, 11) is 1.54. The number of esters is 2. The molecule has 1 N–H and O–H groups in total. The van der Waals surface area contributed by atoms with Gasteiger partial charge in [0.1, 0.15) is 5.75 Å². The van der Waals surface area contributed by atoms with Gasteiger partial charge >= 0.3 is 11.9 Å². The van der Waals surface area contributed by atoms with E-state index < -0.39 is 24.0 Å². The lowest BCUT2D eigenvalue weighted by atomic mass is 9.93.